The van der Waals surface area contributed by atoms with Crippen LogP contribution in [0.5, 0.6) is 0 Å². The number of amides is 2. The minimum absolute atomic E-state index is 0.00832. The first-order chi connectivity index (χ1) is 17.4. The molecule has 4 rings (SSSR count). The lowest BCUT2D eigenvalue weighted by atomic mass is 10.1. The van der Waals surface area contributed by atoms with Crippen LogP contribution in [0.1, 0.15) is 53.6 Å². The molecule has 2 aromatic carbocycles. The van der Waals surface area contributed by atoms with Gasteiger partial charge in [0, 0.05) is 35.6 Å². The number of benzene rings is 2. The number of carbonyl (C=O) groups is 2. The fourth-order valence-corrected chi connectivity index (χ4v) is 5.77. The third-order valence-electron chi connectivity index (χ3n) is 5.71. The number of fused-ring (bicyclic) bond motifs is 1. The molecule has 0 atom stereocenters. The Morgan fingerprint density at radius 3 is 2.49 bits per heavy atom. The van der Waals surface area contributed by atoms with Gasteiger partial charge in [-0.15, -0.1) is 11.3 Å². The van der Waals surface area contributed by atoms with Gasteiger partial charge in [-0.25, -0.2) is 0 Å². The molecule has 1 aliphatic heterocycles. The normalized spacial score (nSPS) is 13.5. The van der Waals surface area contributed by atoms with Crippen LogP contribution in [0.15, 0.2) is 36.4 Å². The Hall–Kier alpha value is -3.28. The predicted molar refractivity (Wildman–Crippen MR) is 152 cm³/mol. The molecule has 37 heavy (non-hydrogen) atoms. The van der Waals surface area contributed by atoms with Crippen molar-refractivity contribution in [3.63, 3.8) is 0 Å². The molecule has 3 aromatic rings. The summed E-state index contributed by atoms with van der Waals surface area (Å²) >= 11 is 13.1. The molecule has 9 nitrogen and oxygen atoms in total. The molecule has 2 amide bonds. The molecule has 1 saturated heterocycles. The van der Waals surface area contributed by atoms with Gasteiger partial charge >= 0.3 is 0 Å². The molecular formula is C25H26ClN5O4S2. The lowest BCUT2D eigenvalue weighted by Crippen LogP contribution is -2.40. The van der Waals surface area contributed by atoms with Crippen molar-refractivity contribution >= 4 is 79.2 Å². The Balaban J connectivity index is 1.52. The first-order valence-corrected chi connectivity index (χ1v) is 13.2. The average molecular weight is 560 g/mol. The Morgan fingerprint density at radius 1 is 1.14 bits per heavy atom. The number of thiophene rings is 1. The summed E-state index contributed by atoms with van der Waals surface area (Å²) in [4.78, 5) is 39.1. The summed E-state index contributed by atoms with van der Waals surface area (Å²) in [5, 5.41) is 21.2. The number of anilines is 2. The quantitative estimate of drug-likeness (QED) is 0.208. The highest BCUT2D eigenvalue weighted by Gasteiger charge is 2.25. The SMILES string of the molecule is CC(C)(C)NC(=O)c1sc2c(NC(=S)NC(=O)c3ccc(N4CCCC4)c([N+](=O)[O-])c3)cccc2c1Cl. The van der Waals surface area contributed by atoms with Crippen molar-refractivity contribution in [2.75, 3.05) is 23.3 Å². The number of hydrogen-bond donors (Lipinski definition) is 3. The van der Waals surface area contributed by atoms with E-state index in [0.717, 1.165) is 25.9 Å². The van der Waals surface area contributed by atoms with Gasteiger partial charge in [0.25, 0.3) is 17.5 Å². The van der Waals surface area contributed by atoms with Crippen LogP contribution in [0, 0.1) is 10.1 Å². The smallest absolute Gasteiger partial charge is 0.293 e. The van der Waals surface area contributed by atoms with Crippen LogP contribution in [-0.2, 0) is 0 Å². The van der Waals surface area contributed by atoms with E-state index in [9.17, 15) is 19.7 Å². The van der Waals surface area contributed by atoms with E-state index >= 15 is 0 Å². The van der Waals surface area contributed by atoms with Gasteiger partial charge in [0.15, 0.2) is 5.11 Å². The molecule has 0 aliphatic carbocycles. The number of nitrogens with one attached hydrogen (secondary N) is 3. The van der Waals surface area contributed by atoms with Crippen LogP contribution >= 0.6 is 35.2 Å². The maximum Gasteiger partial charge on any atom is 0.293 e. The average Bonchev–Trinajstić information content (AvgIpc) is 3.46. The Labute approximate surface area is 228 Å². The summed E-state index contributed by atoms with van der Waals surface area (Å²) in [7, 11) is 0. The van der Waals surface area contributed by atoms with Crippen molar-refractivity contribution in [3.8, 4) is 0 Å². The van der Waals surface area contributed by atoms with E-state index in [1.165, 1.54) is 17.4 Å². The molecule has 1 aromatic heterocycles. The number of nitro groups is 1. The lowest BCUT2D eigenvalue weighted by Gasteiger charge is -2.19. The maximum atomic E-state index is 12.9. The fourth-order valence-electron chi connectivity index (χ4n) is 4.10. The predicted octanol–water partition coefficient (Wildman–Crippen LogP) is 5.72. The molecule has 194 valence electrons. The van der Waals surface area contributed by atoms with Crippen LogP contribution in [0.4, 0.5) is 17.1 Å². The number of nitrogens with zero attached hydrogens (tertiary/aromatic N) is 2. The second-order valence-electron chi connectivity index (χ2n) is 9.69. The Bertz CT molecular complexity index is 1410. The van der Waals surface area contributed by atoms with E-state index in [1.54, 1.807) is 30.3 Å². The van der Waals surface area contributed by atoms with E-state index in [0.29, 0.717) is 31.4 Å². The van der Waals surface area contributed by atoms with E-state index in [4.69, 9.17) is 23.8 Å². The number of halogens is 1. The first kappa shape index (κ1) is 26.8. The number of carbonyl (C=O) groups excluding carboxylic acids is 2. The Kier molecular flexibility index (Phi) is 7.67. The zero-order valence-corrected chi connectivity index (χ0v) is 22.9. The van der Waals surface area contributed by atoms with Crippen molar-refractivity contribution < 1.29 is 14.5 Å². The van der Waals surface area contributed by atoms with E-state index < -0.39 is 16.4 Å². The second kappa shape index (κ2) is 10.6. The van der Waals surface area contributed by atoms with Crippen LogP contribution in [0.25, 0.3) is 10.1 Å². The first-order valence-electron chi connectivity index (χ1n) is 11.6. The van der Waals surface area contributed by atoms with Gasteiger partial charge in [-0.2, -0.15) is 0 Å². The minimum Gasteiger partial charge on any atom is -0.366 e. The van der Waals surface area contributed by atoms with Crippen molar-refractivity contribution in [1.82, 2.24) is 10.6 Å². The van der Waals surface area contributed by atoms with Crippen molar-refractivity contribution in [2.45, 2.75) is 39.2 Å². The minimum atomic E-state index is -0.574. The molecule has 1 fully saturated rings. The third-order valence-corrected chi connectivity index (χ3v) is 7.65. The zero-order valence-electron chi connectivity index (χ0n) is 20.5. The van der Waals surface area contributed by atoms with Gasteiger partial charge in [0.1, 0.15) is 10.6 Å². The number of rotatable bonds is 5. The highest BCUT2D eigenvalue weighted by molar-refractivity contribution is 7.80. The number of thiocarbonyl (C=S) groups is 1. The summed E-state index contributed by atoms with van der Waals surface area (Å²) in [5.74, 6) is -0.852. The van der Waals surface area contributed by atoms with Gasteiger partial charge in [0.05, 0.1) is 20.3 Å². The molecule has 0 saturated carbocycles. The van der Waals surface area contributed by atoms with Crippen LogP contribution < -0.4 is 20.9 Å². The lowest BCUT2D eigenvalue weighted by molar-refractivity contribution is -0.384. The molecule has 3 N–H and O–H groups in total. The molecular weight excluding hydrogens is 534 g/mol. The van der Waals surface area contributed by atoms with Gasteiger partial charge in [0.2, 0.25) is 0 Å². The summed E-state index contributed by atoms with van der Waals surface area (Å²) in [6.45, 7) is 7.15. The fraction of sp³-hybridized carbons (Fsp3) is 0.320. The standard InChI is InChI=1S/C25H26ClN5O4S2/c1-25(2,3)29-23(33)21-19(26)15-7-6-8-16(20(15)37-21)27-24(36)28-22(32)14-9-10-17(18(13-14)31(34)35)30-11-4-5-12-30/h6-10,13H,4-5,11-12H2,1-3H3,(H,29,33)(H2,27,28,32,36). The zero-order chi connectivity index (χ0) is 26.9. The second-order valence-corrected chi connectivity index (χ2v) is 11.5. The maximum absolute atomic E-state index is 12.9. The van der Waals surface area contributed by atoms with E-state index in [1.807, 2.05) is 25.7 Å². The molecule has 1 aliphatic rings. The van der Waals surface area contributed by atoms with Gasteiger partial charge in [-0.3, -0.25) is 25.0 Å². The molecule has 0 bridgehead atoms. The highest BCUT2D eigenvalue weighted by Crippen LogP contribution is 2.39. The molecule has 2 heterocycles. The van der Waals surface area contributed by atoms with E-state index in [2.05, 4.69) is 16.0 Å². The van der Waals surface area contributed by atoms with Crippen molar-refractivity contribution in [1.29, 1.82) is 0 Å². The summed E-state index contributed by atoms with van der Waals surface area (Å²) in [6, 6.07) is 9.75. The monoisotopic (exact) mass is 559 g/mol. The molecule has 0 spiro atoms. The van der Waals surface area contributed by atoms with Crippen LogP contribution in [-0.4, -0.2) is 40.5 Å². The van der Waals surface area contributed by atoms with Gasteiger partial charge < -0.3 is 15.5 Å². The summed E-state index contributed by atoms with van der Waals surface area (Å²) < 4.78 is 0.703. The van der Waals surface area contributed by atoms with Gasteiger partial charge in [-0.1, -0.05) is 23.7 Å². The van der Waals surface area contributed by atoms with E-state index in [-0.39, 0.29) is 22.3 Å². The van der Waals surface area contributed by atoms with Crippen molar-refractivity contribution in [3.05, 3.63) is 62.0 Å². The van der Waals surface area contributed by atoms with Gasteiger partial charge in [-0.05, 0) is 64.0 Å². The molecule has 12 heteroatoms. The number of hydrogen-bond acceptors (Lipinski definition) is 7. The van der Waals surface area contributed by atoms with Crippen molar-refractivity contribution in [2.24, 2.45) is 0 Å². The van der Waals surface area contributed by atoms with Crippen LogP contribution in [0.2, 0.25) is 5.02 Å². The highest BCUT2D eigenvalue weighted by atomic mass is 35.5. The molecule has 0 radical (unpaired) electrons. The largest absolute Gasteiger partial charge is 0.366 e. The van der Waals surface area contributed by atoms with Crippen LogP contribution in [0.3, 0.4) is 0 Å². The number of nitro benzene ring substituents is 1. The summed E-state index contributed by atoms with van der Waals surface area (Å²) in [6.07, 6.45) is 1.95. The summed E-state index contributed by atoms with van der Waals surface area (Å²) in [5.41, 5.74) is 0.655. The molecule has 0 unspecified atom stereocenters. The topological polar surface area (TPSA) is 117 Å². The Morgan fingerprint density at radius 2 is 1.84 bits per heavy atom. The third kappa shape index (κ3) is 6.00.